The van der Waals surface area contributed by atoms with Crippen molar-refractivity contribution in [2.45, 2.75) is 0 Å². The Morgan fingerprint density at radius 2 is 0.931 bits per heavy atom. The molecular formula is C52H31BN4O. The number of nitrogens with zero attached hydrogens (tertiary/aromatic N) is 4. The van der Waals surface area contributed by atoms with Crippen LogP contribution in [-0.4, -0.2) is 20.4 Å². The van der Waals surface area contributed by atoms with Crippen LogP contribution < -0.4 is 21.3 Å². The first-order valence-electron chi connectivity index (χ1n) is 20.0. The summed E-state index contributed by atoms with van der Waals surface area (Å²) in [6.45, 7) is 0.00839. The fraction of sp³-hybridized carbons (Fsp3) is 0. The van der Waals surface area contributed by atoms with Crippen molar-refractivity contribution in [2.75, 3.05) is 4.90 Å². The van der Waals surface area contributed by atoms with Crippen LogP contribution in [0.5, 0.6) is 0 Å². The topological polar surface area (TPSA) is 31.2 Å². The van der Waals surface area contributed by atoms with E-state index in [0.717, 1.165) is 50.2 Å². The molecule has 0 bridgehead atoms. The van der Waals surface area contributed by atoms with Crippen LogP contribution in [0, 0.1) is 0 Å². The van der Waals surface area contributed by atoms with E-state index in [1.165, 1.54) is 66.1 Å². The molecule has 8 aromatic carbocycles. The van der Waals surface area contributed by atoms with Gasteiger partial charge < -0.3 is 23.0 Å². The minimum Gasteiger partial charge on any atom is -0.454 e. The monoisotopic (exact) mass is 738 g/mol. The first-order chi connectivity index (χ1) is 28.8. The van der Waals surface area contributed by atoms with E-state index in [-0.39, 0.29) is 6.71 Å². The van der Waals surface area contributed by atoms with Crippen LogP contribution in [-0.2, 0) is 0 Å². The second kappa shape index (κ2) is 11.0. The van der Waals surface area contributed by atoms with Crippen LogP contribution in [0.3, 0.4) is 0 Å². The molecule has 12 aromatic rings. The Kier molecular flexibility index (Phi) is 5.78. The second-order valence-electron chi connectivity index (χ2n) is 15.7. The normalized spacial score (nSPS) is 12.8. The Hall–Kier alpha value is -7.70. The highest BCUT2D eigenvalue weighted by atomic mass is 16.3. The maximum atomic E-state index is 6.79. The van der Waals surface area contributed by atoms with Crippen molar-refractivity contribution in [1.29, 1.82) is 0 Å². The number of fused-ring (bicyclic) bond motifs is 14. The van der Waals surface area contributed by atoms with Gasteiger partial charge in [-0.1, -0.05) is 115 Å². The van der Waals surface area contributed by atoms with Gasteiger partial charge in [0, 0.05) is 50.0 Å². The Balaban J connectivity index is 1.22. The van der Waals surface area contributed by atoms with E-state index in [4.69, 9.17) is 4.42 Å². The van der Waals surface area contributed by atoms with Crippen LogP contribution in [0.15, 0.2) is 192 Å². The third-order valence-electron chi connectivity index (χ3n) is 12.8. The van der Waals surface area contributed by atoms with Gasteiger partial charge in [-0.2, -0.15) is 0 Å². The summed E-state index contributed by atoms with van der Waals surface area (Å²) in [6.07, 6.45) is 0. The van der Waals surface area contributed by atoms with Gasteiger partial charge in [0.2, 0.25) is 0 Å². The molecule has 14 rings (SSSR count). The molecule has 6 heterocycles. The van der Waals surface area contributed by atoms with Gasteiger partial charge in [0.15, 0.2) is 5.58 Å². The van der Waals surface area contributed by atoms with Gasteiger partial charge in [-0.15, -0.1) is 0 Å². The summed E-state index contributed by atoms with van der Waals surface area (Å²) < 4.78 is 14.4. The molecule has 0 aliphatic carbocycles. The number of hydrogen-bond acceptors (Lipinski definition) is 2. The molecule has 4 aromatic heterocycles. The maximum absolute atomic E-state index is 6.79. The standard InChI is InChI=1S/C52H31BN4O/c1-4-16-32(17-5-1)54(33-18-6-2-7-19-33)35-30-43-46-44(31-35)57-48-39(52-51(57)37-23-11-13-29-45(37)58-52)25-15-27-41(48)53(46)40-26-14-24-38-47(40)56(43)49-36-22-10-12-28-42(36)55(50(38)49)34-20-8-3-9-21-34/h1-31H. The minimum absolute atomic E-state index is 0.00839. The van der Waals surface area contributed by atoms with Crippen molar-refractivity contribution in [1.82, 2.24) is 13.7 Å². The molecule has 0 spiro atoms. The molecular weight excluding hydrogens is 707 g/mol. The predicted octanol–water partition coefficient (Wildman–Crippen LogP) is 11.2. The van der Waals surface area contributed by atoms with Gasteiger partial charge in [-0.3, -0.25) is 0 Å². The fourth-order valence-corrected chi connectivity index (χ4v) is 10.6. The molecule has 268 valence electrons. The van der Waals surface area contributed by atoms with Gasteiger partial charge in [0.25, 0.3) is 6.71 Å². The quantitative estimate of drug-likeness (QED) is 0.168. The molecule has 0 N–H and O–H groups in total. The summed E-state index contributed by atoms with van der Waals surface area (Å²) in [6, 6.07) is 68.4. The van der Waals surface area contributed by atoms with E-state index in [2.05, 4.69) is 207 Å². The van der Waals surface area contributed by atoms with Crippen molar-refractivity contribution in [3.05, 3.63) is 188 Å². The van der Waals surface area contributed by atoms with Gasteiger partial charge in [-0.05, 0) is 89.2 Å². The third-order valence-corrected chi connectivity index (χ3v) is 12.8. The number of benzene rings is 8. The molecule has 0 radical (unpaired) electrons. The van der Waals surface area contributed by atoms with E-state index in [1.807, 2.05) is 0 Å². The fourth-order valence-electron chi connectivity index (χ4n) is 10.6. The first kappa shape index (κ1) is 30.5. The van der Waals surface area contributed by atoms with E-state index >= 15 is 0 Å². The van der Waals surface area contributed by atoms with Gasteiger partial charge >= 0.3 is 0 Å². The lowest BCUT2D eigenvalue weighted by Gasteiger charge is -2.35. The molecule has 6 heteroatoms. The Labute approximate surface area is 332 Å². The first-order valence-corrected chi connectivity index (χ1v) is 20.0. The highest BCUT2D eigenvalue weighted by Gasteiger charge is 2.42. The predicted molar refractivity (Wildman–Crippen MR) is 241 cm³/mol. The summed E-state index contributed by atoms with van der Waals surface area (Å²) in [5.41, 5.74) is 19.8. The molecule has 2 aliphatic heterocycles. The van der Waals surface area contributed by atoms with Gasteiger partial charge in [0.1, 0.15) is 11.1 Å². The van der Waals surface area contributed by atoms with Crippen LogP contribution >= 0.6 is 0 Å². The molecule has 0 fully saturated rings. The van der Waals surface area contributed by atoms with E-state index < -0.39 is 0 Å². The zero-order valence-electron chi connectivity index (χ0n) is 31.2. The molecule has 0 atom stereocenters. The minimum atomic E-state index is 0.00839. The Morgan fingerprint density at radius 1 is 0.397 bits per heavy atom. The molecule has 2 aliphatic rings. The number of anilines is 3. The highest BCUT2D eigenvalue weighted by molar-refractivity contribution is 7.00. The summed E-state index contributed by atoms with van der Waals surface area (Å²) >= 11 is 0. The zero-order chi connectivity index (χ0) is 37.6. The second-order valence-corrected chi connectivity index (χ2v) is 15.7. The molecule has 5 nitrogen and oxygen atoms in total. The number of para-hydroxylation sites is 7. The summed E-state index contributed by atoms with van der Waals surface area (Å²) in [4.78, 5) is 2.41. The third kappa shape index (κ3) is 3.73. The van der Waals surface area contributed by atoms with Crippen LogP contribution in [0.25, 0.3) is 82.9 Å². The summed E-state index contributed by atoms with van der Waals surface area (Å²) in [5.74, 6) is 0. The molecule has 0 saturated carbocycles. The smallest absolute Gasteiger partial charge is 0.252 e. The van der Waals surface area contributed by atoms with Crippen molar-refractivity contribution >= 4 is 106 Å². The summed E-state index contributed by atoms with van der Waals surface area (Å²) in [5, 5.41) is 4.74. The van der Waals surface area contributed by atoms with Crippen LogP contribution in [0.2, 0.25) is 0 Å². The lowest BCUT2D eigenvalue weighted by molar-refractivity contribution is 0.673. The molecule has 0 saturated heterocycles. The average molecular weight is 739 g/mol. The largest absolute Gasteiger partial charge is 0.454 e. The van der Waals surface area contributed by atoms with Crippen LogP contribution in [0.4, 0.5) is 17.1 Å². The number of rotatable bonds is 4. The lowest BCUT2D eigenvalue weighted by atomic mass is 9.34. The van der Waals surface area contributed by atoms with Crippen LogP contribution in [0.1, 0.15) is 0 Å². The van der Waals surface area contributed by atoms with Gasteiger partial charge in [-0.25, -0.2) is 0 Å². The molecule has 0 unspecified atom stereocenters. The SMILES string of the molecule is c1ccc(N(c2ccccc2)c2cc3c4c(c2)-n2c5c(cccc5c5c2c2ccccc2n5-c2ccccc2)B4c2cccc4c5oc6ccccc6c5n-3c24)cc1. The average Bonchev–Trinajstić information content (AvgIpc) is 4.02. The van der Waals surface area contributed by atoms with E-state index in [1.54, 1.807) is 0 Å². The Morgan fingerprint density at radius 3 is 1.64 bits per heavy atom. The number of aromatic nitrogens is 3. The Bertz CT molecular complexity index is 3650. The van der Waals surface area contributed by atoms with Crippen molar-refractivity contribution in [2.24, 2.45) is 0 Å². The van der Waals surface area contributed by atoms with Crippen molar-refractivity contribution in [3.8, 4) is 17.1 Å². The highest BCUT2D eigenvalue weighted by Crippen LogP contribution is 2.46. The maximum Gasteiger partial charge on any atom is 0.252 e. The van der Waals surface area contributed by atoms with Crippen molar-refractivity contribution in [3.63, 3.8) is 0 Å². The van der Waals surface area contributed by atoms with Gasteiger partial charge in [0.05, 0.1) is 33.3 Å². The molecule has 58 heavy (non-hydrogen) atoms. The van der Waals surface area contributed by atoms with E-state index in [0.29, 0.717) is 0 Å². The lowest BCUT2D eigenvalue weighted by Crippen LogP contribution is -2.59. The van der Waals surface area contributed by atoms with Crippen molar-refractivity contribution < 1.29 is 4.42 Å². The van der Waals surface area contributed by atoms with E-state index in [9.17, 15) is 0 Å². The number of furan rings is 1. The summed E-state index contributed by atoms with van der Waals surface area (Å²) in [7, 11) is 0. The zero-order valence-corrected chi connectivity index (χ0v) is 31.2. The molecule has 0 amide bonds. The number of hydrogen-bond donors (Lipinski definition) is 0.